The zero-order valence-electron chi connectivity index (χ0n) is 14.9. The molecule has 2 aromatic heterocycles. The molecular weight excluding hydrogens is 362 g/mol. The van der Waals surface area contributed by atoms with Gasteiger partial charge in [-0.1, -0.05) is 0 Å². The molecule has 2 amide bonds. The van der Waals surface area contributed by atoms with Gasteiger partial charge in [0.1, 0.15) is 11.0 Å². The number of carbonyl (C=O) groups is 2. The van der Waals surface area contributed by atoms with Gasteiger partial charge in [-0.25, -0.2) is 0 Å². The van der Waals surface area contributed by atoms with E-state index in [0.717, 1.165) is 47.8 Å². The van der Waals surface area contributed by atoms with Crippen LogP contribution in [-0.2, 0) is 0 Å². The molecular formula is C19H19N5O2S. The van der Waals surface area contributed by atoms with Gasteiger partial charge >= 0.3 is 0 Å². The largest absolute Gasteiger partial charge is 0.355 e. The van der Waals surface area contributed by atoms with E-state index in [9.17, 15) is 9.59 Å². The Balaban J connectivity index is 1.50. The summed E-state index contributed by atoms with van der Waals surface area (Å²) in [4.78, 5) is 30.9. The maximum Gasteiger partial charge on any atom is 0.253 e. The SMILES string of the molecule is CNC(=O)c1ccc([C@H]2CCCN(C(=O)c3ccc4nsnc4c3)C2)nc1. The predicted octanol–water partition coefficient (Wildman–Crippen LogP) is 2.47. The van der Waals surface area contributed by atoms with E-state index in [1.807, 2.05) is 23.1 Å². The monoisotopic (exact) mass is 381 g/mol. The number of likely N-dealkylation sites (tertiary alicyclic amines) is 1. The van der Waals surface area contributed by atoms with Crippen molar-refractivity contribution < 1.29 is 9.59 Å². The Morgan fingerprint density at radius 2 is 1.96 bits per heavy atom. The Kier molecular flexibility index (Phi) is 4.81. The van der Waals surface area contributed by atoms with Crippen LogP contribution in [0.1, 0.15) is 45.2 Å². The van der Waals surface area contributed by atoms with Crippen molar-refractivity contribution in [3.8, 4) is 0 Å². The van der Waals surface area contributed by atoms with E-state index in [1.54, 1.807) is 25.4 Å². The zero-order valence-corrected chi connectivity index (χ0v) is 15.7. The minimum Gasteiger partial charge on any atom is -0.355 e. The summed E-state index contributed by atoms with van der Waals surface area (Å²) >= 11 is 1.15. The fourth-order valence-corrected chi connectivity index (χ4v) is 3.94. The number of benzene rings is 1. The van der Waals surface area contributed by atoms with Crippen LogP contribution in [0.4, 0.5) is 0 Å². The minimum absolute atomic E-state index is 0.0107. The smallest absolute Gasteiger partial charge is 0.253 e. The number of amides is 2. The Hall–Kier alpha value is -2.87. The second-order valence-corrected chi connectivity index (χ2v) is 7.14. The highest BCUT2D eigenvalue weighted by Crippen LogP contribution is 2.27. The normalized spacial score (nSPS) is 17.1. The third-order valence-corrected chi connectivity index (χ3v) is 5.46. The van der Waals surface area contributed by atoms with Gasteiger partial charge in [0.05, 0.1) is 17.3 Å². The van der Waals surface area contributed by atoms with Crippen molar-refractivity contribution in [1.29, 1.82) is 0 Å². The summed E-state index contributed by atoms with van der Waals surface area (Å²) in [6.07, 6.45) is 3.50. The molecule has 1 N–H and O–H groups in total. The Morgan fingerprint density at radius 1 is 1.15 bits per heavy atom. The number of rotatable bonds is 3. The summed E-state index contributed by atoms with van der Waals surface area (Å²) in [7, 11) is 1.60. The van der Waals surface area contributed by atoms with Crippen LogP contribution in [0.15, 0.2) is 36.5 Å². The van der Waals surface area contributed by atoms with Crippen LogP contribution >= 0.6 is 11.7 Å². The number of carbonyl (C=O) groups excluding carboxylic acids is 2. The quantitative estimate of drug-likeness (QED) is 0.753. The lowest BCUT2D eigenvalue weighted by molar-refractivity contribution is 0.0706. The first-order chi connectivity index (χ1) is 13.2. The molecule has 0 aliphatic carbocycles. The van der Waals surface area contributed by atoms with Crippen molar-refractivity contribution >= 4 is 34.6 Å². The average Bonchev–Trinajstić information content (AvgIpc) is 3.20. The molecule has 0 bridgehead atoms. The molecule has 0 spiro atoms. The second-order valence-electron chi connectivity index (χ2n) is 6.61. The lowest BCUT2D eigenvalue weighted by atomic mass is 9.93. The zero-order chi connectivity index (χ0) is 18.8. The average molecular weight is 381 g/mol. The van der Waals surface area contributed by atoms with E-state index in [0.29, 0.717) is 17.7 Å². The van der Waals surface area contributed by atoms with Crippen LogP contribution in [0.5, 0.6) is 0 Å². The summed E-state index contributed by atoms with van der Waals surface area (Å²) in [6, 6.07) is 9.13. The first-order valence-corrected chi connectivity index (χ1v) is 9.58. The molecule has 1 aromatic carbocycles. The first-order valence-electron chi connectivity index (χ1n) is 8.85. The molecule has 1 atom stereocenters. The number of hydrogen-bond acceptors (Lipinski definition) is 6. The fraction of sp³-hybridized carbons (Fsp3) is 0.316. The summed E-state index contributed by atoms with van der Waals surface area (Å²) in [5.74, 6) is 0.0316. The number of pyridine rings is 1. The minimum atomic E-state index is -0.151. The molecule has 8 heteroatoms. The highest BCUT2D eigenvalue weighted by Gasteiger charge is 2.26. The van der Waals surface area contributed by atoms with E-state index >= 15 is 0 Å². The van der Waals surface area contributed by atoms with Crippen molar-refractivity contribution in [2.45, 2.75) is 18.8 Å². The van der Waals surface area contributed by atoms with E-state index in [2.05, 4.69) is 19.0 Å². The molecule has 3 heterocycles. The molecule has 4 rings (SSSR count). The number of fused-ring (bicyclic) bond motifs is 1. The molecule has 7 nitrogen and oxygen atoms in total. The molecule has 0 radical (unpaired) electrons. The molecule has 27 heavy (non-hydrogen) atoms. The maximum atomic E-state index is 12.9. The van der Waals surface area contributed by atoms with E-state index < -0.39 is 0 Å². The highest BCUT2D eigenvalue weighted by atomic mass is 32.1. The van der Waals surface area contributed by atoms with Crippen molar-refractivity contribution in [3.63, 3.8) is 0 Å². The Labute approximate surface area is 160 Å². The molecule has 0 unspecified atom stereocenters. The van der Waals surface area contributed by atoms with Crippen molar-refractivity contribution in [3.05, 3.63) is 53.3 Å². The van der Waals surface area contributed by atoms with Gasteiger partial charge in [0, 0.05) is 43.5 Å². The fourth-order valence-electron chi connectivity index (χ4n) is 3.43. The Bertz CT molecular complexity index is 985. The van der Waals surface area contributed by atoms with Gasteiger partial charge < -0.3 is 10.2 Å². The third kappa shape index (κ3) is 3.52. The molecule has 3 aromatic rings. The first kappa shape index (κ1) is 17.5. The van der Waals surface area contributed by atoms with E-state index in [1.165, 1.54) is 0 Å². The van der Waals surface area contributed by atoms with Crippen molar-refractivity contribution in [2.24, 2.45) is 0 Å². The molecule has 1 aliphatic heterocycles. The molecule has 0 saturated carbocycles. The summed E-state index contributed by atoms with van der Waals surface area (Å²) in [5.41, 5.74) is 3.66. The van der Waals surface area contributed by atoms with Crippen LogP contribution in [0.25, 0.3) is 11.0 Å². The standard InChI is InChI=1S/C19H19N5O2S/c1-20-18(25)13-5-6-15(21-10-13)14-3-2-8-24(11-14)19(26)12-4-7-16-17(9-12)23-27-22-16/h4-7,9-10,14H,2-3,8,11H2,1H3,(H,20,25)/t14-/m0/s1. The predicted molar refractivity (Wildman–Crippen MR) is 103 cm³/mol. The summed E-state index contributed by atoms with van der Waals surface area (Å²) in [6.45, 7) is 1.36. The number of nitrogens with one attached hydrogen (secondary N) is 1. The molecule has 1 aliphatic rings. The van der Waals surface area contributed by atoms with Crippen LogP contribution < -0.4 is 5.32 Å². The number of piperidine rings is 1. The van der Waals surface area contributed by atoms with Crippen LogP contribution in [0, 0.1) is 0 Å². The lowest BCUT2D eigenvalue weighted by Gasteiger charge is -2.32. The van der Waals surface area contributed by atoms with Gasteiger partial charge in [-0.2, -0.15) is 8.75 Å². The van der Waals surface area contributed by atoms with E-state index in [4.69, 9.17) is 0 Å². The van der Waals surface area contributed by atoms with Gasteiger partial charge in [-0.05, 0) is 43.2 Å². The number of nitrogens with zero attached hydrogens (tertiary/aromatic N) is 4. The molecule has 1 fully saturated rings. The van der Waals surface area contributed by atoms with Crippen molar-refractivity contribution in [2.75, 3.05) is 20.1 Å². The van der Waals surface area contributed by atoms with Crippen LogP contribution in [-0.4, -0.2) is 50.6 Å². The molecule has 1 saturated heterocycles. The summed E-state index contributed by atoms with van der Waals surface area (Å²) in [5, 5.41) is 2.59. The maximum absolute atomic E-state index is 12.9. The van der Waals surface area contributed by atoms with Gasteiger partial charge in [0.15, 0.2) is 0 Å². The van der Waals surface area contributed by atoms with Gasteiger partial charge in [-0.3, -0.25) is 14.6 Å². The third-order valence-electron chi connectivity index (χ3n) is 4.90. The lowest BCUT2D eigenvalue weighted by Crippen LogP contribution is -2.39. The number of hydrogen-bond donors (Lipinski definition) is 1. The topological polar surface area (TPSA) is 88.1 Å². The second kappa shape index (κ2) is 7.40. The molecule has 138 valence electrons. The number of aromatic nitrogens is 3. The highest BCUT2D eigenvalue weighted by molar-refractivity contribution is 7.00. The van der Waals surface area contributed by atoms with Crippen LogP contribution in [0.3, 0.4) is 0 Å². The van der Waals surface area contributed by atoms with Crippen LogP contribution in [0.2, 0.25) is 0 Å². The summed E-state index contributed by atoms with van der Waals surface area (Å²) < 4.78 is 8.39. The Morgan fingerprint density at radius 3 is 2.74 bits per heavy atom. The van der Waals surface area contributed by atoms with E-state index in [-0.39, 0.29) is 17.7 Å². The van der Waals surface area contributed by atoms with Gasteiger partial charge in [0.2, 0.25) is 0 Å². The van der Waals surface area contributed by atoms with Gasteiger partial charge in [-0.15, -0.1) is 0 Å². The van der Waals surface area contributed by atoms with Gasteiger partial charge in [0.25, 0.3) is 11.8 Å². The van der Waals surface area contributed by atoms with Crippen molar-refractivity contribution in [1.82, 2.24) is 23.9 Å².